The Bertz CT molecular complexity index is 693. The van der Waals surface area contributed by atoms with E-state index in [-0.39, 0.29) is 11.8 Å². The number of carbonyl (C=O) groups excluding carboxylic acids is 2. The molecule has 1 aliphatic heterocycles. The van der Waals surface area contributed by atoms with Gasteiger partial charge in [-0.2, -0.15) is 0 Å². The van der Waals surface area contributed by atoms with Crippen LogP contribution < -0.4 is 0 Å². The van der Waals surface area contributed by atoms with Crippen LogP contribution in [-0.2, 0) is 5.75 Å². The van der Waals surface area contributed by atoms with Gasteiger partial charge in [-0.15, -0.1) is 0 Å². The largest absolute Gasteiger partial charge is 0.268 e. The van der Waals surface area contributed by atoms with E-state index >= 15 is 0 Å². The predicted octanol–water partition coefficient (Wildman–Crippen LogP) is 3.50. The third-order valence-electron chi connectivity index (χ3n) is 3.18. The van der Waals surface area contributed by atoms with E-state index in [1.165, 1.54) is 11.8 Å². The van der Waals surface area contributed by atoms with Gasteiger partial charge in [-0.1, -0.05) is 66.4 Å². The van der Waals surface area contributed by atoms with Crippen molar-refractivity contribution in [1.82, 2.24) is 4.90 Å². The number of thiocarbonyl (C=S) groups is 1. The molecule has 0 saturated carbocycles. The topological polar surface area (TPSA) is 37.4 Å². The highest BCUT2D eigenvalue weighted by Gasteiger charge is 2.37. The summed E-state index contributed by atoms with van der Waals surface area (Å²) in [6.45, 7) is 0. The van der Waals surface area contributed by atoms with Crippen molar-refractivity contribution in [2.45, 2.75) is 5.75 Å². The number of nitrogens with zero attached hydrogens (tertiary/aromatic N) is 1. The maximum absolute atomic E-state index is 12.3. The third kappa shape index (κ3) is 2.62. The minimum atomic E-state index is -0.332. The molecule has 0 N–H and O–H groups in total. The molecule has 0 spiro atoms. The molecule has 0 atom stereocenters. The summed E-state index contributed by atoms with van der Waals surface area (Å²) in [5, 5.41) is 0. The van der Waals surface area contributed by atoms with E-state index in [4.69, 9.17) is 12.2 Å². The number of fused-ring (bicyclic) bond motifs is 1. The fraction of sp³-hybridized carbons (Fsp3) is 0.0625. The van der Waals surface area contributed by atoms with E-state index in [9.17, 15) is 9.59 Å². The van der Waals surface area contributed by atoms with E-state index in [2.05, 4.69) is 0 Å². The minimum Gasteiger partial charge on any atom is -0.268 e. The van der Waals surface area contributed by atoms with Crippen LogP contribution in [0.3, 0.4) is 0 Å². The van der Waals surface area contributed by atoms with Gasteiger partial charge in [0.2, 0.25) is 0 Å². The molecule has 2 aromatic carbocycles. The average molecular weight is 313 g/mol. The Labute approximate surface area is 132 Å². The molecule has 2 aromatic rings. The Morgan fingerprint density at radius 2 is 1.43 bits per heavy atom. The Kier molecular flexibility index (Phi) is 3.86. The van der Waals surface area contributed by atoms with Crippen LogP contribution >= 0.6 is 24.0 Å². The minimum absolute atomic E-state index is 0.296. The molecule has 104 valence electrons. The highest BCUT2D eigenvalue weighted by Crippen LogP contribution is 2.27. The fourth-order valence-corrected chi connectivity index (χ4v) is 3.26. The van der Waals surface area contributed by atoms with Crippen molar-refractivity contribution >= 4 is 40.1 Å². The van der Waals surface area contributed by atoms with Gasteiger partial charge in [-0.25, -0.2) is 4.90 Å². The molecule has 0 aliphatic carbocycles. The van der Waals surface area contributed by atoms with Crippen LogP contribution in [0.4, 0.5) is 0 Å². The van der Waals surface area contributed by atoms with E-state index in [1.807, 2.05) is 30.3 Å². The fourth-order valence-electron chi connectivity index (χ4n) is 2.14. The molecule has 0 unspecified atom stereocenters. The summed E-state index contributed by atoms with van der Waals surface area (Å²) in [4.78, 5) is 25.6. The Balaban J connectivity index is 1.75. The van der Waals surface area contributed by atoms with Crippen LogP contribution in [0.25, 0.3) is 0 Å². The molecule has 3 rings (SSSR count). The van der Waals surface area contributed by atoms with Crippen molar-refractivity contribution in [3.63, 3.8) is 0 Å². The first-order chi connectivity index (χ1) is 10.2. The van der Waals surface area contributed by atoms with Crippen molar-refractivity contribution in [3.8, 4) is 0 Å². The summed E-state index contributed by atoms with van der Waals surface area (Å²) in [5.41, 5.74) is 1.94. The second-order valence-corrected chi connectivity index (χ2v) is 6.14. The molecule has 3 nitrogen and oxygen atoms in total. The van der Waals surface area contributed by atoms with Crippen molar-refractivity contribution in [3.05, 3.63) is 71.3 Å². The lowest BCUT2D eigenvalue weighted by atomic mass is 10.1. The van der Waals surface area contributed by atoms with E-state index in [1.54, 1.807) is 24.3 Å². The first-order valence-corrected chi connectivity index (χ1v) is 7.76. The third-order valence-corrected chi connectivity index (χ3v) is 4.63. The van der Waals surface area contributed by atoms with Crippen molar-refractivity contribution in [1.29, 1.82) is 0 Å². The molecule has 0 aromatic heterocycles. The van der Waals surface area contributed by atoms with Crippen LogP contribution in [0.15, 0.2) is 54.6 Å². The van der Waals surface area contributed by atoms with E-state index < -0.39 is 0 Å². The van der Waals surface area contributed by atoms with E-state index in [0.717, 1.165) is 10.5 Å². The molecule has 5 heteroatoms. The average Bonchev–Trinajstić information content (AvgIpc) is 2.78. The number of amides is 2. The quantitative estimate of drug-likeness (QED) is 0.628. The second-order valence-electron chi connectivity index (χ2n) is 4.53. The summed E-state index contributed by atoms with van der Waals surface area (Å²) in [5.74, 6) is -0.0325. The van der Waals surface area contributed by atoms with Gasteiger partial charge in [0.05, 0.1) is 11.1 Å². The monoisotopic (exact) mass is 313 g/mol. The highest BCUT2D eigenvalue weighted by atomic mass is 32.2. The number of hydrogen-bond acceptors (Lipinski definition) is 4. The van der Waals surface area contributed by atoms with Crippen molar-refractivity contribution < 1.29 is 9.59 Å². The smallest absolute Gasteiger partial charge is 0.267 e. The second kappa shape index (κ2) is 5.79. The van der Waals surface area contributed by atoms with E-state index in [0.29, 0.717) is 21.2 Å². The standard InChI is InChI=1S/C16H11NO2S2/c18-14-12-8-4-5-9-13(12)15(19)17(14)16(20)21-10-11-6-2-1-3-7-11/h1-9H,10H2. The Morgan fingerprint density at radius 1 is 0.905 bits per heavy atom. The van der Waals surface area contributed by atoms with Crippen LogP contribution in [-0.4, -0.2) is 21.0 Å². The van der Waals surface area contributed by atoms with Gasteiger partial charge < -0.3 is 0 Å². The number of carbonyl (C=O) groups is 2. The molecule has 1 heterocycles. The molecular weight excluding hydrogens is 302 g/mol. The Morgan fingerprint density at radius 3 is 2.00 bits per heavy atom. The Hall–Kier alpha value is -1.98. The summed E-state index contributed by atoms with van der Waals surface area (Å²) >= 11 is 6.58. The maximum Gasteiger partial charge on any atom is 0.267 e. The van der Waals surface area contributed by atoms with Crippen molar-refractivity contribution in [2.75, 3.05) is 0 Å². The normalized spacial score (nSPS) is 13.4. The lowest BCUT2D eigenvalue weighted by Gasteiger charge is -2.14. The van der Waals surface area contributed by atoms with Crippen LogP contribution in [0.1, 0.15) is 26.3 Å². The lowest BCUT2D eigenvalue weighted by Crippen LogP contribution is -2.33. The SMILES string of the molecule is O=C1c2ccccc2C(=O)N1C(=S)SCc1ccccc1. The van der Waals surface area contributed by atoms with Crippen LogP contribution in [0.5, 0.6) is 0 Å². The van der Waals surface area contributed by atoms with Gasteiger partial charge in [0.1, 0.15) is 0 Å². The van der Waals surface area contributed by atoms with Gasteiger partial charge >= 0.3 is 0 Å². The van der Waals surface area contributed by atoms with Gasteiger partial charge in [-0.05, 0) is 17.7 Å². The molecule has 0 radical (unpaired) electrons. The number of hydrogen-bond donors (Lipinski definition) is 0. The lowest BCUT2D eigenvalue weighted by molar-refractivity contribution is 0.0755. The van der Waals surface area contributed by atoms with Gasteiger partial charge in [0.25, 0.3) is 11.8 Å². The number of rotatable bonds is 2. The maximum atomic E-state index is 12.3. The predicted molar refractivity (Wildman–Crippen MR) is 87.3 cm³/mol. The zero-order valence-electron chi connectivity index (χ0n) is 11.0. The molecule has 21 heavy (non-hydrogen) atoms. The zero-order valence-corrected chi connectivity index (χ0v) is 12.6. The van der Waals surface area contributed by atoms with Crippen molar-refractivity contribution in [2.24, 2.45) is 0 Å². The molecule has 0 fully saturated rings. The first kappa shape index (κ1) is 14.0. The summed E-state index contributed by atoms with van der Waals surface area (Å²) < 4.78 is 0.296. The van der Waals surface area contributed by atoms with Crippen LogP contribution in [0.2, 0.25) is 0 Å². The molecule has 0 bridgehead atoms. The number of imide groups is 1. The highest BCUT2D eigenvalue weighted by molar-refractivity contribution is 8.22. The molecule has 0 saturated heterocycles. The molecular formula is C16H11NO2S2. The van der Waals surface area contributed by atoms with Gasteiger partial charge in [-0.3, -0.25) is 9.59 Å². The number of thioether (sulfide) groups is 1. The van der Waals surface area contributed by atoms with Gasteiger partial charge in [0, 0.05) is 5.75 Å². The van der Waals surface area contributed by atoms with Crippen LogP contribution in [0, 0.1) is 0 Å². The number of benzene rings is 2. The first-order valence-electron chi connectivity index (χ1n) is 6.37. The summed E-state index contributed by atoms with van der Waals surface area (Å²) in [6, 6.07) is 16.6. The molecule has 1 aliphatic rings. The summed E-state index contributed by atoms with van der Waals surface area (Å²) in [7, 11) is 0. The summed E-state index contributed by atoms with van der Waals surface area (Å²) in [6.07, 6.45) is 0. The van der Waals surface area contributed by atoms with Gasteiger partial charge in [0.15, 0.2) is 4.32 Å². The molecule has 2 amide bonds. The zero-order chi connectivity index (χ0) is 14.8.